The van der Waals surface area contributed by atoms with E-state index in [1.165, 1.54) is 0 Å². The Morgan fingerprint density at radius 2 is 1.79 bits per heavy atom. The van der Waals surface area contributed by atoms with Gasteiger partial charge in [0.25, 0.3) is 0 Å². The second-order valence-corrected chi connectivity index (χ2v) is 8.26. The Morgan fingerprint density at radius 1 is 1.14 bits per heavy atom. The number of amides is 1. The summed E-state index contributed by atoms with van der Waals surface area (Å²) in [5, 5.41) is 18.7. The summed E-state index contributed by atoms with van der Waals surface area (Å²) in [5.41, 5.74) is -0.517. The summed E-state index contributed by atoms with van der Waals surface area (Å²) in [7, 11) is 0. The highest BCUT2D eigenvalue weighted by molar-refractivity contribution is 14.0. The Kier molecular flexibility index (Phi) is 16.9. The van der Waals surface area contributed by atoms with Crippen LogP contribution >= 0.6 is 24.0 Å². The molecule has 0 aliphatic rings. The Balaban J connectivity index is 0. The lowest BCUT2D eigenvalue weighted by molar-refractivity contribution is 0.0491. The fourth-order valence-corrected chi connectivity index (χ4v) is 2.60. The lowest BCUT2D eigenvalue weighted by atomic mass is 10.0. The molecule has 168 valence electrons. The number of ether oxygens (including phenoxy) is 1. The van der Waals surface area contributed by atoms with Crippen molar-refractivity contribution in [2.45, 2.75) is 79.4 Å². The van der Waals surface area contributed by atoms with Gasteiger partial charge in [-0.3, -0.25) is 4.99 Å². The standard InChI is InChI=1S/C20H42N4O3.HI/c1-8-10-16(11-12-25)13-22-18(21-9-2)23-14-17(15(3)4)24-19(26)27-20(5,6)7;/h15-17,25H,8-14H2,1-7H3,(H,24,26)(H2,21,22,23);1H. The monoisotopic (exact) mass is 514 g/mol. The molecule has 2 atom stereocenters. The third kappa shape index (κ3) is 15.2. The zero-order valence-corrected chi connectivity index (χ0v) is 21.1. The van der Waals surface area contributed by atoms with Crippen molar-refractivity contribution in [3.63, 3.8) is 0 Å². The van der Waals surface area contributed by atoms with Gasteiger partial charge in [-0.2, -0.15) is 0 Å². The van der Waals surface area contributed by atoms with Crippen molar-refractivity contribution in [1.29, 1.82) is 0 Å². The maximum Gasteiger partial charge on any atom is 0.407 e. The number of halogens is 1. The molecule has 0 radical (unpaired) electrons. The van der Waals surface area contributed by atoms with E-state index in [2.05, 4.69) is 41.7 Å². The average molecular weight is 514 g/mol. The van der Waals surface area contributed by atoms with Crippen molar-refractivity contribution in [3.8, 4) is 0 Å². The Morgan fingerprint density at radius 3 is 2.25 bits per heavy atom. The zero-order chi connectivity index (χ0) is 20.9. The quantitative estimate of drug-likeness (QED) is 0.192. The van der Waals surface area contributed by atoms with Crippen LogP contribution < -0.4 is 16.0 Å². The van der Waals surface area contributed by atoms with Crippen molar-refractivity contribution in [3.05, 3.63) is 0 Å². The molecule has 0 heterocycles. The van der Waals surface area contributed by atoms with Gasteiger partial charge in [0.15, 0.2) is 5.96 Å². The third-order valence-electron chi connectivity index (χ3n) is 4.08. The molecule has 8 heteroatoms. The minimum atomic E-state index is -0.517. The number of nitrogens with zero attached hydrogens (tertiary/aromatic N) is 1. The van der Waals surface area contributed by atoms with Gasteiger partial charge in [-0.05, 0) is 52.4 Å². The predicted octanol–water partition coefficient (Wildman–Crippen LogP) is 3.51. The maximum absolute atomic E-state index is 12.1. The van der Waals surface area contributed by atoms with Gasteiger partial charge in [-0.1, -0.05) is 27.2 Å². The summed E-state index contributed by atoms with van der Waals surface area (Å²) in [6.45, 7) is 16.0. The Hall–Kier alpha value is -0.770. The Bertz CT molecular complexity index is 434. The summed E-state index contributed by atoms with van der Waals surface area (Å²) < 4.78 is 5.36. The van der Waals surface area contributed by atoms with Crippen LogP contribution in [0.4, 0.5) is 4.79 Å². The zero-order valence-electron chi connectivity index (χ0n) is 18.8. The molecule has 0 saturated carbocycles. The molecule has 4 N–H and O–H groups in total. The number of rotatable bonds is 11. The second-order valence-electron chi connectivity index (χ2n) is 8.26. The van der Waals surface area contributed by atoms with Crippen LogP contribution in [0, 0.1) is 11.8 Å². The molecule has 1 amide bonds. The van der Waals surface area contributed by atoms with Gasteiger partial charge in [-0.25, -0.2) is 4.79 Å². The number of hydrogen-bond acceptors (Lipinski definition) is 4. The molecule has 0 saturated heterocycles. The molecule has 2 unspecified atom stereocenters. The number of aliphatic imine (C=N–C) groups is 1. The van der Waals surface area contributed by atoms with Crippen LogP contribution in [0.1, 0.15) is 67.7 Å². The van der Waals surface area contributed by atoms with Crippen molar-refractivity contribution in [1.82, 2.24) is 16.0 Å². The molecule has 0 aromatic heterocycles. The molecule has 0 spiro atoms. The van der Waals surface area contributed by atoms with E-state index in [0.717, 1.165) is 31.8 Å². The first-order chi connectivity index (χ1) is 12.6. The molecule has 0 aliphatic heterocycles. The predicted molar refractivity (Wildman–Crippen MR) is 127 cm³/mol. The van der Waals surface area contributed by atoms with E-state index in [4.69, 9.17) is 4.74 Å². The minimum Gasteiger partial charge on any atom is -0.444 e. The van der Waals surface area contributed by atoms with Gasteiger partial charge in [0, 0.05) is 26.2 Å². The highest BCUT2D eigenvalue weighted by Crippen LogP contribution is 2.11. The highest BCUT2D eigenvalue weighted by atomic mass is 127. The number of alkyl carbamates (subject to hydrolysis) is 1. The van der Waals surface area contributed by atoms with E-state index in [0.29, 0.717) is 19.0 Å². The van der Waals surface area contributed by atoms with Crippen molar-refractivity contribution >= 4 is 36.0 Å². The lowest BCUT2D eigenvalue weighted by Gasteiger charge is -2.26. The van der Waals surface area contributed by atoms with Crippen LogP contribution in [0.3, 0.4) is 0 Å². The second kappa shape index (κ2) is 16.1. The Labute approximate surface area is 188 Å². The van der Waals surface area contributed by atoms with Crippen molar-refractivity contribution in [2.24, 2.45) is 16.8 Å². The summed E-state index contributed by atoms with van der Waals surface area (Å²) in [6.07, 6.45) is 2.50. The minimum absolute atomic E-state index is 0. The topological polar surface area (TPSA) is 95.0 Å². The summed E-state index contributed by atoms with van der Waals surface area (Å²) >= 11 is 0. The SMILES string of the molecule is CCCC(CCO)CN=C(NCC)NCC(NC(=O)OC(C)(C)C)C(C)C.I. The van der Waals surface area contributed by atoms with E-state index in [9.17, 15) is 9.90 Å². The molecule has 0 aliphatic carbocycles. The van der Waals surface area contributed by atoms with Crippen LogP contribution in [-0.4, -0.2) is 55.0 Å². The van der Waals surface area contributed by atoms with Crippen LogP contribution in [0.2, 0.25) is 0 Å². The van der Waals surface area contributed by atoms with E-state index in [-0.39, 0.29) is 42.5 Å². The van der Waals surface area contributed by atoms with Gasteiger partial charge < -0.3 is 25.8 Å². The largest absolute Gasteiger partial charge is 0.444 e. The fourth-order valence-electron chi connectivity index (χ4n) is 2.60. The van der Waals surface area contributed by atoms with Gasteiger partial charge in [-0.15, -0.1) is 24.0 Å². The molecule has 0 fully saturated rings. The first-order valence-corrected chi connectivity index (χ1v) is 10.2. The summed E-state index contributed by atoms with van der Waals surface area (Å²) in [5.74, 6) is 1.36. The molecule has 0 rings (SSSR count). The molecular formula is C20H43IN4O3. The van der Waals surface area contributed by atoms with Crippen LogP contribution in [-0.2, 0) is 4.74 Å². The van der Waals surface area contributed by atoms with Gasteiger partial charge in [0.1, 0.15) is 5.60 Å². The van der Waals surface area contributed by atoms with Crippen LogP contribution in [0.15, 0.2) is 4.99 Å². The first-order valence-electron chi connectivity index (χ1n) is 10.2. The van der Waals surface area contributed by atoms with Crippen molar-refractivity contribution in [2.75, 3.05) is 26.2 Å². The maximum atomic E-state index is 12.1. The molecule has 0 aromatic rings. The number of aliphatic hydroxyl groups is 1. The van der Waals surface area contributed by atoms with Crippen LogP contribution in [0.5, 0.6) is 0 Å². The summed E-state index contributed by atoms with van der Waals surface area (Å²) in [6, 6.07) is -0.0763. The number of hydrogen-bond donors (Lipinski definition) is 4. The van der Waals surface area contributed by atoms with Gasteiger partial charge >= 0.3 is 6.09 Å². The number of nitrogens with one attached hydrogen (secondary N) is 3. The molecule has 7 nitrogen and oxygen atoms in total. The van der Waals surface area contributed by atoms with E-state index >= 15 is 0 Å². The first kappa shape index (κ1) is 29.4. The number of aliphatic hydroxyl groups excluding tert-OH is 1. The smallest absolute Gasteiger partial charge is 0.407 e. The number of carbonyl (C=O) groups excluding carboxylic acids is 1. The number of guanidine groups is 1. The van der Waals surface area contributed by atoms with Crippen LogP contribution in [0.25, 0.3) is 0 Å². The fraction of sp³-hybridized carbons (Fsp3) is 0.900. The molecular weight excluding hydrogens is 471 g/mol. The van der Waals surface area contributed by atoms with Gasteiger partial charge in [0.2, 0.25) is 0 Å². The van der Waals surface area contributed by atoms with E-state index < -0.39 is 11.7 Å². The summed E-state index contributed by atoms with van der Waals surface area (Å²) in [4.78, 5) is 16.7. The highest BCUT2D eigenvalue weighted by Gasteiger charge is 2.21. The molecule has 0 bridgehead atoms. The lowest BCUT2D eigenvalue weighted by Crippen LogP contribution is -2.50. The van der Waals surface area contributed by atoms with E-state index in [1.807, 2.05) is 27.7 Å². The normalized spacial score (nSPS) is 14.1. The average Bonchev–Trinajstić information content (AvgIpc) is 2.54. The molecule has 0 aromatic carbocycles. The van der Waals surface area contributed by atoms with E-state index in [1.54, 1.807) is 0 Å². The third-order valence-corrected chi connectivity index (χ3v) is 4.08. The van der Waals surface area contributed by atoms with Crippen molar-refractivity contribution < 1.29 is 14.6 Å². The van der Waals surface area contributed by atoms with Gasteiger partial charge in [0.05, 0.1) is 6.04 Å². The molecule has 28 heavy (non-hydrogen) atoms. The number of carbonyl (C=O) groups is 1.